The average molecular weight is 272 g/mol. The van der Waals surface area contributed by atoms with Crippen LogP contribution in [0.2, 0.25) is 0 Å². The smallest absolute Gasteiger partial charge is 0.195 e. The van der Waals surface area contributed by atoms with Crippen LogP contribution in [0.3, 0.4) is 0 Å². The Balaban J connectivity index is 1.85. The molecular weight excluding hydrogens is 256 g/mol. The van der Waals surface area contributed by atoms with Gasteiger partial charge < -0.3 is 9.73 Å². The van der Waals surface area contributed by atoms with Crippen LogP contribution in [0.4, 0.5) is 5.69 Å². The fourth-order valence-corrected chi connectivity index (χ4v) is 2.81. The topological polar surface area (TPSA) is 38.1 Å². The fraction of sp³-hybridized carbons (Fsp3) is 0.267. The Bertz CT molecular complexity index is 673. The van der Waals surface area contributed by atoms with Gasteiger partial charge in [0.1, 0.15) is 5.52 Å². The summed E-state index contributed by atoms with van der Waals surface area (Å²) >= 11 is 1.76. The van der Waals surface area contributed by atoms with E-state index < -0.39 is 0 Å². The predicted molar refractivity (Wildman–Crippen MR) is 79.7 cm³/mol. The summed E-state index contributed by atoms with van der Waals surface area (Å²) in [6.07, 6.45) is 0.822. The number of hydrogen-bond acceptors (Lipinski definition) is 4. The number of nitrogens with one attached hydrogen (secondary N) is 1. The summed E-state index contributed by atoms with van der Waals surface area (Å²) in [6, 6.07) is 10.6. The Hall–Kier alpha value is -1.81. The number of fused-ring (bicyclic) bond motifs is 1. The van der Waals surface area contributed by atoms with E-state index in [1.807, 2.05) is 25.1 Å². The van der Waals surface area contributed by atoms with Crippen molar-refractivity contribution in [1.82, 2.24) is 4.98 Å². The summed E-state index contributed by atoms with van der Waals surface area (Å²) in [5.74, 6) is 0.790. The monoisotopic (exact) mass is 272 g/mol. The molecule has 0 bridgehead atoms. The van der Waals surface area contributed by atoms with Crippen LogP contribution in [0.25, 0.3) is 11.1 Å². The van der Waals surface area contributed by atoms with Gasteiger partial charge in [-0.05, 0) is 36.6 Å². The molecule has 0 spiro atoms. The molecule has 0 saturated carbocycles. The largest absolute Gasteiger partial charge is 0.441 e. The standard InChI is InChI=1S/C15H16N2OS/c1-3-15-17-12-9-11(6-7-13(12)18-15)16-10(2)14-5-4-8-19-14/h4-10,16H,3H2,1-2H3. The normalized spacial score (nSPS) is 12.7. The highest BCUT2D eigenvalue weighted by Gasteiger charge is 2.08. The molecule has 19 heavy (non-hydrogen) atoms. The first kappa shape index (κ1) is 12.2. The summed E-state index contributed by atoms with van der Waals surface area (Å²) < 4.78 is 5.61. The summed E-state index contributed by atoms with van der Waals surface area (Å²) in [6.45, 7) is 4.21. The van der Waals surface area contributed by atoms with Crippen molar-refractivity contribution in [3.63, 3.8) is 0 Å². The van der Waals surface area contributed by atoms with Crippen LogP contribution in [0.1, 0.15) is 30.7 Å². The van der Waals surface area contributed by atoms with Crippen molar-refractivity contribution in [3.05, 3.63) is 46.5 Å². The number of hydrogen-bond donors (Lipinski definition) is 1. The number of nitrogens with zero attached hydrogens (tertiary/aromatic N) is 1. The zero-order valence-corrected chi connectivity index (χ0v) is 11.8. The molecule has 0 fully saturated rings. The second kappa shape index (κ2) is 5.05. The summed E-state index contributed by atoms with van der Waals surface area (Å²) in [5, 5.41) is 5.59. The van der Waals surface area contributed by atoms with E-state index in [1.54, 1.807) is 11.3 Å². The summed E-state index contributed by atoms with van der Waals surface area (Å²) in [7, 11) is 0. The highest BCUT2D eigenvalue weighted by molar-refractivity contribution is 7.10. The van der Waals surface area contributed by atoms with Gasteiger partial charge in [-0.2, -0.15) is 0 Å². The molecule has 3 rings (SSSR count). The molecule has 2 aromatic heterocycles. The lowest BCUT2D eigenvalue weighted by atomic mass is 10.2. The highest BCUT2D eigenvalue weighted by Crippen LogP contribution is 2.25. The van der Waals surface area contributed by atoms with Gasteiger partial charge in [-0.3, -0.25) is 0 Å². The Morgan fingerprint density at radius 2 is 2.26 bits per heavy atom. The molecular formula is C15H16N2OS. The molecule has 1 N–H and O–H groups in total. The van der Waals surface area contributed by atoms with Crippen molar-refractivity contribution in [2.45, 2.75) is 26.3 Å². The first-order chi connectivity index (χ1) is 9.26. The van der Waals surface area contributed by atoms with Gasteiger partial charge >= 0.3 is 0 Å². The summed E-state index contributed by atoms with van der Waals surface area (Å²) in [5.41, 5.74) is 2.84. The third kappa shape index (κ3) is 2.49. The lowest BCUT2D eigenvalue weighted by Crippen LogP contribution is -2.04. The van der Waals surface area contributed by atoms with Gasteiger partial charge in [0.15, 0.2) is 11.5 Å². The molecule has 0 amide bonds. The predicted octanol–water partition coefficient (Wildman–Crippen LogP) is 4.62. The van der Waals surface area contributed by atoms with Crippen molar-refractivity contribution < 1.29 is 4.42 Å². The third-order valence-electron chi connectivity index (χ3n) is 3.09. The maximum atomic E-state index is 5.61. The molecule has 0 aliphatic rings. The van der Waals surface area contributed by atoms with E-state index >= 15 is 0 Å². The molecule has 0 saturated heterocycles. The van der Waals surface area contributed by atoms with Gasteiger partial charge in [0.2, 0.25) is 0 Å². The Labute approximate surface area is 116 Å². The van der Waals surface area contributed by atoms with E-state index in [-0.39, 0.29) is 0 Å². The second-order valence-corrected chi connectivity index (χ2v) is 5.50. The van der Waals surface area contributed by atoms with Crippen LogP contribution in [-0.2, 0) is 6.42 Å². The number of thiophene rings is 1. The zero-order chi connectivity index (χ0) is 13.2. The van der Waals surface area contributed by atoms with Gasteiger partial charge in [-0.1, -0.05) is 13.0 Å². The Kier molecular flexibility index (Phi) is 3.25. The van der Waals surface area contributed by atoms with E-state index in [1.165, 1.54) is 4.88 Å². The number of rotatable bonds is 4. The second-order valence-electron chi connectivity index (χ2n) is 4.53. The number of benzene rings is 1. The molecule has 98 valence electrons. The quantitative estimate of drug-likeness (QED) is 0.752. The zero-order valence-electron chi connectivity index (χ0n) is 11.0. The first-order valence-corrected chi connectivity index (χ1v) is 7.33. The fourth-order valence-electron chi connectivity index (χ4n) is 2.07. The molecule has 3 aromatic rings. The van der Waals surface area contributed by atoms with Crippen LogP contribution in [0.5, 0.6) is 0 Å². The van der Waals surface area contributed by atoms with Gasteiger partial charge in [0, 0.05) is 17.0 Å². The first-order valence-electron chi connectivity index (χ1n) is 6.45. The SMILES string of the molecule is CCc1nc2cc(NC(C)c3cccs3)ccc2o1. The molecule has 1 unspecified atom stereocenters. The van der Waals surface area contributed by atoms with Crippen molar-refractivity contribution in [2.24, 2.45) is 0 Å². The van der Waals surface area contributed by atoms with Crippen LogP contribution in [0, 0.1) is 0 Å². The molecule has 1 aromatic carbocycles. The minimum absolute atomic E-state index is 0.301. The van der Waals surface area contributed by atoms with Gasteiger partial charge in [0.05, 0.1) is 6.04 Å². The van der Waals surface area contributed by atoms with Gasteiger partial charge in [-0.15, -0.1) is 11.3 Å². The minimum Gasteiger partial charge on any atom is -0.441 e. The number of anilines is 1. The van der Waals surface area contributed by atoms with Crippen molar-refractivity contribution >= 4 is 28.1 Å². The molecule has 0 aliphatic heterocycles. The number of aromatic nitrogens is 1. The minimum atomic E-state index is 0.301. The lowest BCUT2D eigenvalue weighted by molar-refractivity contribution is 0.538. The number of oxazole rings is 1. The highest BCUT2D eigenvalue weighted by atomic mass is 32.1. The lowest BCUT2D eigenvalue weighted by Gasteiger charge is -2.13. The molecule has 3 nitrogen and oxygen atoms in total. The summed E-state index contributed by atoms with van der Waals surface area (Å²) in [4.78, 5) is 5.79. The molecule has 4 heteroatoms. The van der Waals surface area contributed by atoms with E-state index in [9.17, 15) is 0 Å². The van der Waals surface area contributed by atoms with Crippen molar-refractivity contribution in [1.29, 1.82) is 0 Å². The van der Waals surface area contributed by atoms with Crippen molar-refractivity contribution in [3.8, 4) is 0 Å². The molecule has 2 heterocycles. The van der Waals surface area contributed by atoms with Crippen LogP contribution in [-0.4, -0.2) is 4.98 Å². The maximum Gasteiger partial charge on any atom is 0.195 e. The molecule has 0 radical (unpaired) electrons. The Morgan fingerprint density at radius 3 is 3.00 bits per heavy atom. The van der Waals surface area contributed by atoms with Gasteiger partial charge in [-0.25, -0.2) is 4.98 Å². The number of aryl methyl sites for hydroxylation is 1. The van der Waals surface area contributed by atoms with E-state index in [0.717, 1.165) is 29.1 Å². The van der Waals surface area contributed by atoms with E-state index in [4.69, 9.17) is 4.42 Å². The molecule has 0 aliphatic carbocycles. The van der Waals surface area contributed by atoms with E-state index in [2.05, 4.69) is 34.7 Å². The van der Waals surface area contributed by atoms with Crippen LogP contribution >= 0.6 is 11.3 Å². The van der Waals surface area contributed by atoms with Crippen LogP contribution in [0.15, 0.2) is 40.1 Å². The van der Waals surface area contributed by atoms with Gasteiger partial charge in [0.25, 0.3) is 0 Å². The molecule has 1 atom stereocenters. The Morgan fingerprint density at radius 1 is 1.37 bits per heavy atom. The van der Waals surface area contributed by atoms with Crippen molar-refractivity contribution in [2.75, 3.05) is 5.32 Å². The van der Waals surface area contributed by atoms with E-state index in [0.29, 0.717) is 6.04 Å². The maximum absolute atomic E-state index is 5.61. The van der Waals surface area contributed by atoms with Crippen LogP contribution < -0.4 is 5.32 Å². The third-order valence-corrected chi connectivity index (χ3v) is 4.14. The average Bonchev–Trinajstić information content (AvgIpc) is 3.07.